The molecule has 56 valence electrons. The van der Waals surface area contributed by atoms with Gasteiger partial charge in [0.2, 0.25) is 0 Å². The van der Waals surface area contributed by atoms with Gasteiger partial charge in [0.25, 0.3) is 0 Å². The van der Waals surface area contributed by atoms with Crippen molar-refractivity contribution in [2.24, 2.45) is 0 Å². The molecule has 1 nitrogen and oxygen atoms in total. The summed E-state index contributed by atoms with van der Waals surface area (Å²) in [5.74, 6) is 0. The van der Waals surface area contributed by atoms with E-state index in [9.17, 15) is 0 Å². The number of rotatable bonds is 2. The number of methoxy groups -OCH3 is 1. The summed E-state index contributed by atoms with van der Waals surface area (Å²) in [6, 6.07) is 8.24. The standard InChI is InChI=1S/C9H12O.Li.H/c1-8-5-3-4-6-9(8)7-10-2;;/h3-6H,7H2,1-2H3;;/q;+1;-1. The second-order valence-corrected chi connectivity index (χ2v) is 2.36. The van der Waals surface area contributed by atoms with Crippen LogP contribution in [0.15, 0.2) is 24.3 Å². The molecule has 2 heteroatoms. The van der Waals surface area contributed by atoms with Crippen molar-refractivity contribution in [3.63, 3.8) is 0 Å². The molecule has 0 heterocycles. The van der Waals surface area contributed by atoms with Crippen LogP contribution >= 0.6 is 0 Å². The second-order valence-electron chi connectivity index (χ2n) is 2.36. The Labute approximate surface area is 81.4 Å². The summed E-state index contributed by atoms with van der Waals surface area (Å²) < 4.78 is 5.01. The first-order valence-corrected chi connectivity index (χ1v) is 3.38. The van der Waals surface area contributed by atoms with Gasteiger partial charge >= 0.3 is 18.9 Å². The van der Waals surface area contributed by atoms with E-state index in [0.717, 1.165) is 0 Å². The van der Waals surface area contributed by atoms with E-state index in [0.29, 0.717) is 6.61 Å². The largest absolute Gasteiger partial charge is 1.00 e. The molecule has 1 aromatic rings. The van der Waals surface area contributed by atoms with Crippen LogP contribution in [0.3, 0.4) is 0 Å². The maximum atomic E-state index is 5.01. The molecule has 0 saturated heterocycles. The van der Waals surface area contributed by atoms with Gasteiger partial charge in [0.1, 0.15) is 0 Å². The van der Waals surface area contributed by atoms with E-state index < -0.39 is 0 Å². The van der Waals surface area contributed by atoms with Gasteiger partial charge in [0, 0.05) is 7.11 Å². The zero-order chi connectivity index (χ0) is 7.40. The zero-order valence-electron chi connectivity index (χ0n) is 8.42. The van der Waals surface area contributed by atoms with Crippen molar-refractivity contribution in [3.8, 4) is 0 Å². The number of hydrogen-bond acceptors (Lipinski definition) is 1. The Morgan fingerprint density at radius 3 is 2.55 bits per heavy atom. The van der Waals surface area contributed by atoms with Gasteiger partial charge < -0.3 is 6.16 Å². The molecule has 0 saturated carbocycles. The van der Waals surface area contributed by atoms with E-state index in [1.807, 2.05) is 12.1 Å². The van der Waals surface area contributed by atoms with Gasteiger partial charge in [-0.15, -0.1) is 0 Å². The van der Waals surface area contributed by atoms with Crippen molar-refractivity contribution in [1.29, 1.82) is 0 Å². The normalized spacial score (nSPS) is 8.91. The maximum Gasteiger partial charge on any atom is 1.00 e. The van der Waals surface area contributed by atoms with Crippen molar-refractivity contribution in [2.75, 3.05) is 7.11 Å². The predicted octanol–water partition coefficient (Wildman–Crippen LogP) is -0.742. The number of benzene rings is 1. The third-order valence-electron chi connectivity index (χ3n) is 1.56. The Morgan fingerprint density at radius 2 is 2.00 bits per heavy atom. The number of hydrogen-bond donors (Lipinski definition) is 0. The average Bonchev–Trinajstić information content (AvgIpc) is 1.94. The van der Waals surface area contributed by atoms with Crippen LogP contribution in [0.25, 0.3) is 0 Å². The summed E-state index contributed by atoms with van der Waals surface area (Å²) in [7, 11) is 1.71. The molecule has 0 amide bonds. The predicted molar refractivity (Wildman–Crippen MR) is 43.0 cm³/mol. The van der Waals surface area contributed by atoms with Gasteiger partial charge in [-0.3, -0.25) is 0 Å². The Morgan fingerprint density at radius 1 is 1.36 bits per heavy atom. The Hall–Kier alpha value is -0.223. The van der Waals surface area contributed by atoms with Gasteiger partial charge in [-0.05, 0) is 18.1 Å². The van der Waals surface area contributed by atoms with Crippen LogP contribution in [-0.2, 0) is 11.3 Å². The van der Waals surface area contributed by atoms with E-state index in [1.165, 1.54) is 11.1 Å². The molecule has 0 aromatic heterocycles. The third kappa shape index (κ3) is 3.12. The van der Waals surface area contributed by atoms with Crippen molar-refractivity contribution >= 4 is 0 Å². The molecule has 1 aromatic carbocycles. The maximum absolute atomic E-state index is 5.01. The van der Waals surface area contributed by atoms with E-state index >= 15 is 0 Å². The summed E-state index contributed by atoms with van der Waals surface area (Å²) in [4.78, 5) is 0. The third-order valence-corrected chi connectivity index (χ3v) is 1.56. The molecular formula is C9H13LiO. The van der Waals surface area contributed by atoms with E-state index in [4.69, 9.17) is 4.74 Å². The van der Waals surface area contributed by atoms with E-state index in [2.05, 4.69) is 19.1 Å². The van der Waals surface area contributed by atoms with Crippen LogP contribution in [0.4, 0.5) is 0 Å². The van der Waals surface area contributed by atoms with Crippen LogP contribution < -0.4 is 18.9 Å². The Bertz CT molecular complexity index is 215. The van der Waals surface area contributed by atoms with Gasteiger partial charge in [0.15, 0.2) is 0 Å². The molecule has 1 rings (SSSR count). The van der Waals surface area contributed by atoms with Gasteiger partial charge in [-0.2, -0.15) is 0 Å². The topological polar surface area (TPSA) is 9.23 Å². The summed E-state index contributed by atoms with van der Waals surface area (Å²) in [5, 5.41) is 0. The molecule has 0 spiro atoms. The Balaban J connectivity index is 0. The van der Waals surface area contributed by atoms with E-state index in [1.54, 1.807) is 7.11 Å². The van der Waals surface area contributed by atoms with Crippen molar-refractivity contribution < 1.29 is 25.0 Å². The van der Waals surface area contributed by atoms with Gasteiger partial charge in [0.05, 0.1) is 6.61 Å². The molecule has 11 heavy (non-hydrogen) atoms. The average molecular weight is 144 g/mol. The molecule has 0 radical (unpaired) electrons. The van der Waals surface area contributed by atoms with Crippen molar-refractivity contribution in [1.82, 2.24) is 0 Å². The smallest absolute Gasteiger partial charge is 1.00 e. The summed E-state index contributed by atoms with van der Waals surface area (Å²) >= 11 is 0. The van der Waals surface area contributed by atoms with Gasteiger partial charge in [-0.1, -0.05) is 24.3 Å². The molecule has 0 unspecified atom stereocenters. The first kappa shape index (κ1) is 10.8. The van der Waals surface area contributed by atoms with Crippen LogP contribution in [0.5, 0.6) is 0 Å². The minimum absolute atomic E-state index is 0. The molecular weight excluding hydrogens is 131 g/mol. The fraction of sp³-hybridized carbons (Fsp3) is 0.333. The summed E-state index contributed by atoms with van der Waals surface area (Å²) in [6.07, 6.45) is 0. The number of aryl methyl sites for hydroxylation is 1. The molecule has 0 atom stereocenters. The Kier molecular flexibility index (Phi) is 5.32. The van der Waals surface area contributed by atoms with Crippen LogP contribution in [0.2, 0.25) is 0 Å². The summed E-state index contributed by atoms with van der Waals surface area (Å²) in [6.45, 7) is 2.81. The van der Waals surface area contributed by atoms with Crippen LogP contribution in [-0.4, -0.2) is 7.11 Å². The monoisotopic (exact) mass is 144 g/mol. The molecule has 0 fully saturated rings. The first-order chi connectivity index (χ1) is 4.84. The molecule has 0 N–H and O–H groups in total. The minimum Gasteiger partial charge on any atom is -1.00 e. The van der Waals surface area contributed by atoms with Crippen molar-refractivity contribution in [3.05, 3.63) is 35.4 Å². The molecule has 0 aliphatic heterocycles. The summed E-state index contributed by atoms with van der Waals surface area (Å²) in [5.41, 5.74) is 2.56. The first-order valence-electron chi connectivity index (χ1n) is 3.38. The fourth-order valence-electron chi connectivity index (χ4n) is 0.928. The molecule has 0 aliphatic carbocycles. The van der Waals surface area contributed by atoms with Crippen LogP contribution in [0.1, 0.15) is 12.6 Å². The number of ether oxygens (including phenoxy) is 1. The van der Waals surface area contributed by atoms with Crippen LogP contribution in [0, 0.1) is 6.92 Å². The van der Waals surface area contributed by atoms with Gasteiger partial charge in [-0.25, -0.2) is 0 Å². The van der Waals surface area contributed by atoms with Crippen molar-refractivity contribution in [2.45, 2.75) is 13.5 Å². The molecule has 0 bridgehead atoms. The zero-order valence-corrected chi connectivity index (χ0v) is 7.42. The minimum atomic E-state index is 0. The quantitative estimate of drug-likeness (QED) is 0.497. The second kappa shape index (κ2) is 5.43. The SMILES string of the molecule is COCc1ccccc1C.[H-].[Li+]. The van der Waals surface area contributed by atoms with E-state index in [-0.39, 0.29) is 20.3 Å². The molecule has 0 aliphatic rings. The fourth-order valence-corrected chi connectivity index (χ4v) is 0.928.